The highest BCUT2D eigenvalue weighted by Gasteiger charge is 2.51. The van der Waals surface area contributed by atoms with Gasteiger partial charge in [0, 0.05) is 5.56 Å². The van der Waals surface area contributed by atoms with Gasteiger partial charge in [0.1, 0.15) is 18.5 Å². The number of imidazole rings is 1. The number of aromatic nitrogens is 4. The maximum Gasteiger partial charge on any atom is 0.475 e. The van der Waals surface area contributed by atoms with E-state index in [2.05, 4.69) is 26.8 Å². The Morgan fingerprint density at radius 3 is 2.82 bits per heavy atom. The first-order chi connectivity index (χ1) is 18.4. The van der Waals surface area contributed by atoms with Gasteiger partial charge in [-0.1, -0.05) is 24.3 Å². The number of phosphoric acid groups is 1. The maximum atomic E-state index is 15.7. The zero-order valence-corrected chi connectivity index (χ0v) is 20.8. The van der Waals surface area contributed by atoms with Gasteiger partial charge < -0.3 is 15.2 Å². The molecule has 2 unspecified atom stereocenters. The molecular weight excluding hydrogens is 522 g/mol. The van der Waals surface area contributed by atoms with E-state index in [0.29, 0.717) is 5.56 Å². The van der Waals surface area contributed by atoms with Crippen molar-refractivity contribution in [1.82, 2.24) is 19.5 Å². The number of aliphatic hydroxyl groups excluding tert-OH is 1. The third-order valence-electron chi connectivity index (χ3n) is 5.41. The summed E-state index contributed by atoms with van der Waals surface area (Å²) in [5.41, 5.74) is 0.689. The van der Waals surface area contributed by atoms with Crippen molar-refractivity contribution in [1.29, 1.82) is 5.26 Å². The number of alkyl halides is 1. The lowest BCUT2D eigenvalue weighted by Gasteiger charge is -2.24. The first-order valence-electron chi connectivity index (χ1n) is 11.4. The summed E-state index contributed by atoms with van der Waals surface area (Å²) in [5, 5.41) is 21.2. The van der Waals surface area contributed by atoms with Crippen LogP contribution >= 0.6 is 7.82 Å². The van der Waals surface area contributed by atoms with Crippen LogP contribution in [0.3, 0.4) is 0 Å². The summed E-state index contributed by atoms with van der Waals surface area (Å²) >= 11 is 0. The Hall–Kier alpha value is -3.57. The molecule has 13 nitrogen and oxygen atoms in total. The van der Waals surface area contributed by atoms with Crippen LogP contribution in [-0.2, 0) is 22.9 Å². The number of benzene rings is 1. The monoisotopic (exact) mass is 546 g/mol. The van der Waals surface area contributed by atoms with Crippen LogP contribution in [0.5, 0.6) is 0 Å². The molecule has 4 rings (SSSR count). The molecule has 1 saturated heterocycles. The number of aliphatic hydroxyl groups is 1. The van der Waals surface area contributed by atoms with Gasteiger partial charge in [0.2, 0.25) is 0 Å². The summed E-state index contributed by atoms with van der Waals surface area (Å²) in [6.07, 6.45) is -2.63. The quantitative estimate of drug-likeness (QED) is 0.194. The summed E-state index contributed by atoms with van der Waals surface area (Å²) in [4.78, 5) is 25.0. The number of hydrogen-bond donors (Lipinski definition) is 2. The molecule has 3 aromatic rings. The maximum absolute atomic E-state index is 15.7. The van der Waals surface area contributed by atoms with Crippen molar-refractivity contribution in [2.24, 2.45) is 0 Å². The number of nitrogens with one attached hydrogen (secondary N) is 1. The zero-order chi connectivity index (χ0) is 27.1. The second-order valence-corrected chi connectivity index (χ2v) is 9.52. The number of nitrogens with zero attached hydrogens (tertiary/aromatic N) is 5. The average Bonchev–Trinajstić information content (AvgIpc) is 3.49. The van der Waals surface area contributed by atoms with Gasteiger partial charge in [0.15, 0.2) is 29.4 Å². The fourth-order valence-electron chi connectivity index (χ4n) is 3.68. The van der Waals surface area contributed by atoms with Crippen LogP contribution < -0.4 is 5.32 Å². The predicted octanol–water partition coefficient (Wildman–Crippen LogP) is 2.93. The van der Waals surface area contributed by atoms with Gasteiger partial charge >= 0.3 is 7.82 Å². The van der Waals surface area contributed by atoms with E-state index in [1.165, 1.54) is 23.3 Å². The molecule has 0 spiro atoms. The average molecular weight is 546 g/mol. The highest BCUT2D eigenvalue weighted by molar-refractivity contribution is 7.48. The molecule has 200 valence electrons. The number of ether oxygens (including phenoxy) is 1. The van der Waals surface area contributed by atoms with E-state index in [0.717, 1.165) is 0 Å². The minimum absolute atomic E-state index is 0.0933. The van der Waals surface area contributed by atoms with Crippen LogP contribution in [0.25, 0.3) is 11.2 Å². The Bertz CT molecular complexity index is 1370. The zero-order valence-electron chi connectivity index (χ0n) is 19.9. The predicted molar refractivity (Wildman–Crippen MR) is 130 cm³/mol. The smallest absolute Gasteiger partial charge is 0.394 e. The molecule has 15 heteroatoms. The van der Waals surface area contributed by atoms with Crippen LogP contribution in [0.1, 0.15) is 23.0 Å². The van der Waals surface area contributed by atoms with Gasteiger partial charge in [0.25, 0.3) is 5.91 Å². The normalized spacial score (nSPS) is 22.6. The van der Waals surface area contributed by atoms with Gasteiger partial charge in [-0.05, 0) is 12.1 Å². The Labute approximate surface area is 216 Å². The Morgan fingerprint density at radius 2 is 2.11 bits per heavy atom. The number of fused-ring (bicyclic) bond motifs is 1. The molecule has 0 bridgehead atoms. The third kappa shape index (κ3) is 5.94. The molecule has 0 radical (unpaired) electrons. The van der Waals surface area contributed by atoms with Gasteiger partial charge in [-0.15, -0.1) is 6.58 Å². The van der Waals surface area contributed by atoms with Gasteiger partial charge in [0.05, 0.1) is 38.6 Å². The molecule has 3 heterocycles. The van der Waals surface area contributed by atoms with Crippen molar-refractivity contribution >= 4 is 30.7 Å². The number of rotatable bonds is 12. The van der Waals surface area contributed by atoms with Crippen LogP contribution in [0.4, 0.5) is 10.2 Å². The lowest BCUT2D eigenvalue weighted by atomic mass is 10.1. The van der Waals surface area contributed by atoms with Gasteiger partial charge in [-0.2, -0.15) is 5.26 Å². The lowest BCUT2D eigenvalue weighted by Crippen LogP contribution is -2.33. The number of hydrogen-bond acceptors (Lipinski definition) is 11. The van der Waals surface area contributed by atoms with E-state index >= 15 is 4.39 Å². The second kappa shape index (κ2) is 12.3. The Morgan fingerprint density at radius 1 is 1.32 bits per heavy atom. The molecular formula is C23H24FN6O7P. The van der Waals surface area contributed by atoms with E-state index < -0.39 is 44.9 Å². The number of halogens is 1. The number of nitriles is 1. The van der Waals surface area contributed by atoms with Crippen LogP contribution in [-0.4, -0.2) is 68.7 Å². The highest BCUT2D eigenvalue weighted by Crippen LogP contribution is 2.53. The fourth-order valence-corrected chi connectivity index (χ4v) is 5.03. The van der Waals surface area contributed by atoms with Gasteiger partial charge in [-0.3, -0.25) is 22.9 Å². The minimum Gasteiger partial charge on any atom is -0.394 e. The Kier molecular flexibility index (Phi) is 8.90. The summed E-state index contributed by atoms with van der Waals surface area (Å²) in [5.74, 6) is -0.336. The van der Waals surface area contributed by atoms with E-state index in [9.17, 15) is 14.5 Å². The first-order valence-corrected chi connectivity index (χ1v) is 12.9. The van der Waals surface area contributed by atoms with E-state index in [1.807, 2.05) is 6.07 Å². The topological polar surface area (TPSA) is 171 Å². The largest absolute Gasteiger partial charge is 0.475 e. The van der Waals surface area contributed by atoms with E-state index in [1.54, 1.807) is 30.3 Å². The SMILES string of the molecule is C=CCOP(=O)(OCCC#N)OC1[C@@H](CO)O[C@@H](n2cnc3c(NC(=O)c4ccccc4)ncnc32)[C@H]1F. The molecule has 1 fully saturated rings. The summed E-state index contributed by atoms with van der Waals surface area (Å²) in [6, 6.07) is 10.3. The van der Waals surface area contributed by atoms with E-state index in [4.69, 9.17) is 23.6 Å². The molecule has 5 atom stereocenters. The lowest BCUT2D eigenvalue weighted by molar-refractivity contribution is -0.0470. The van der Waals surface area contributed by atoms with Crippen LogP contribution in [0.15, 0.2) is 55.6 Å². The summed E-state index contributed by atoms with van der Waals surface area (Å²) < 4.78 is 51.4. The van der Waals surface area contributed by atoms with Crippen LogP contribution in [0.2, 0.25) is 0 Å². The molecule has 0 aliphatic carbocycles. The molecule has 0 saturated carbocycles. The first kappa shape index (κ1) is 27.5. The molecule has 2 N–H and O–H groups in total. The minimum atomic E-state index is -4.36. The molecule has 1 aliphatic rings. The van der Waals surface area contributed by atoms with Crippen molar-refractivity contribution in [2.75, 3.05) is 25.1 Å². The molecule has 1 aromatic carbocycles. The van der Waals surface area contributed by atoms with Crippen molar-refractivity contribution < 1.29 is 37.2 Å². The Balaban J connectivity index is 1.57. The number of amides is 1. The standard InChI is InChI=1S/C23H24FN6O7P/c1-2-10-34-38(33,35-11-6-9-25)37-19-16(12-31)36-23(17(19)24)30-14-28-18-20(26-13-27-21(18)30)29-22(32)15-7-4-3-5-8-15/h2-5,7-8,13-14,16-17,19,23,31H,1,6,10-12H2,(H,26,27,29,32)/t16-,17+,19?,23-,38?/m1/s1. The van der Waals surface area contributed by atoms with E-state index in [-0.39, 0.29) is 36.6 Å². The molecule has 1 amide bonds. The summed E-state index contributed by atoms with van der Waals surface area (Å²) in [6.45, 7) is 2.26. The van der Waals surface area contributed by atoms with Crippen LogP contribution in [0, 0.1) is 11.3 Å². The van der Waals surface area contributed by atoms with Gasteiger partial charge in [-0.25, -0.2) is 23.9 Å². The second-order valence-electron chi connectivity index (χ2n) is 7.90. The number of carbonyl (C=O) groups excluding carboxylic acids is 1. The highest BCUT2D eigenvalue weighted by atomic mass is 31.2. The molecule has 1 aliphatic heterocycles. The van der Waals surface area contributed by atoms with Crippen molar-refractivity contribution in [2.45, 2.75) is 31.0 Å². The number of anilines is 1. The fraction of sp³-hybridized carbons (Fsp3) is 0.348. The summed E-state index contributed by atoms with van der Waals surface area (Å²) in [7, 11) is -4.36. The third-order valence-corrected chi connectivity index (χ3v) is 6.88. The van der Waals surface area contributed by atoms with Crippen molar-refractivity contribution in [3.05, 3.63) is 61.2 Å². The molecule has 38 heavy (non-hydrogen) atoms. The van der Waals surface area contributed by atoms with Crippen molar-refractivity contribution in [3.63, 3.8) is 0 Å². The van der Waals surface area contributed by atoms with Crippen molar-refractivity contribution in [3.8, 4) is 6.07 Å². The molecule has 2 aromatic heterocycles. The number of carbonyl (C=O) groups is 1. The number of phosphoric ester groups is 1.